The summed E-state index contributed by atoms with van der Waals surface area (Å²) in [5.41, 5.74) is 1.46. The number of hydrogen-bond donors (Lipinski definition) is 1. The molecular weight excluding hydrogens is 316 g/mol. The molecule has 0 aliphatic carbocycles. The number of para-hydroxylation sites is 3. The second kappa shape index (κ2) is 7.38. The van der Waals surface area contributed by atoms with Crippen molar-refractivity contribution in [2.24, 2.45) is 5.92 Å². The van der Waals surface area contributed by atoms with Gasteiger partial charge < -0.3 is 15.0 Å². The Morgan fingerprint density at radius 3 is 2.52 bits per heavy atom. The zero-order valence-corrected chi connectivity index (χ0v) is 14.4. The Kier molecular flexibility index (Phi) is 5.03. The summed E-state index contributed by atoms with van der Waals surface area (Å²) in [6.45, 7) is 4.24. The van der Waals surface area contributed by atoms with E-state index in [2.05, 4.69) is 5.32 Å². The van der Waals surface area contributed by atoms with Crippen molar-refractivity contribution in [1.29, 1.82) is 0 Å². The molecule has 0 spiro atoms. The molecule has 1 unspecified atom stereocenters. The molecule has 1 heterocycles. The van der Waals surface area contributed by atoms with E-state index in [1.807, 2.05) is 68.4 Å². The van der Waals surface area contributed by atoms with Crippen LogP contribution in [0.4, 0.5) is 11.4 Å². The van der Waals surface area contributed by atoms with Gasteiger partial charge >= 0.3 is 0 Å². The molecule has 5 heteroatoms. The van der Waals surface area contributed by atoms with Crippen LogP contribution in [0.15, 0.2) is 54.6 Å². The van der Waals surface area contributed by atoms with Crippen LogP contribution >= 0.6 is 0 Å². The lowest BCUT2D eigenvalue weighted by atomic mass is 10.1. The first-order valence-electron chi connectivity index (χ1n) is 8.46. The quantitative estimate of drug-likeness (QED) is 0.908. The third kappa shape index (κ3) is 3.99. The average molecular weight is 338 g/mol. The van der Waals surface area contributed by atoms with Crippen LogP contribution in [0.3, 0.4) is 0 Å². The van der Waals surface area contributed by atoms with Crippen molar-refractivity contribution in [3.63, 3.8) is 0 Å². The number of carbonyl (C=O) groups is 2. The van der Waals surface area contributed by atoms with Crippen molar-refractivity contribution in [3.8, 4) is 5.75 Å². The number of hydrogen-bond acceptors (Lipinski definition) is 3. The van der Waals surface area contributed by atoms with Crippen LogP contribution in [0.2, 0.25) is 0 Å². The lowest BCUT2D eigenvalue weighted by molar-refractivity contribution is -0.122. The van der Waals surface area contributed by atoms with E-state index in [9.17, 15) is 9.59 Å². The van der Waals surface area contributed by atoms with Gasteiger partial charge in [-0.05, 0) is 38.1 Å². The van der Waals surface area contributed by atoms with E-state index in [-0.39, 0.29) is 30.3 Å². The smallest absolute Gasteiger partial charge is 0.229 e. The maximum absolute atomic E-state index is 12.5. The SMILES string of the molecule is CC(C)Oc1ccccc1N1CC(C(=O)Nc2ccccc2)CC1=O. The number of anilines is 2. The minimum Gasteiger partial charge on any atom is -0.489 e. The van der Waals surface area contributed by atoms with E-state index in [0.29, 0.717) is 12.3 Å². The van der Waals surface area contributed by atoms with Gasteiger partial charge in [-0.3, -0.25) is 9.59 Å². The van der Waals surface area contributed by atoms with Gasteiger partial charge in [-0.2, -0.15) is 0 Å². The summed E-state index contributed by atoms with van der Waals surface area (Å²) in [4.78, 5) is 26.6. The Hall–Kier alpha value is -2.82. The highest BCUT2D eigenvalue weighted by atomic mass is 16.5. The molecule has 1 N–H and O–H groups in total. The Balaban J connectivity index is 1.74. The Labute approximate surface area is 147 Å². The maximum Gasteiger partial charge on any atom is 0.229 e. The highest BCUT2D eigenvalue weighted by molar-refractivity contribution is 6.04. The predicted molar refractivity (Wildman–Crippen MR) is 97.7 cm³/mol. The van der Waals surface area contributed by atoms with Crippen molar-refractivity contribution in [1.82, 2.24) is 0 Å². The van der Waals surface area contributed by atoms with Crippen LogP contribution in [0.1, 0.15) is 20.3 Å². The Morgan fingerprint density at radius 2 is 1.80 bits per heavy atom. The highest BCUT2D eigenvalue weighted by Gasteiger charge is 2.36. The zero-order valence-electron chi connectivity index (χ0n) is 14.4. The fourth-order valence-corrected chi connectivity index (χ4v) is 2.92. The number of benzene rings is 2. The molecule has 2 aromatic carbocycles. The van der Waals surface area contributed by atoms with Gasteiger partial charge in [0.25, 0.3) is 0 Å². The Morgan fingerprint density at radius 1 is 1.12 bits per heavy atom. The summed E-state index contributed by atoms with van der Waals surface area (Å²) in [7, 11) is 0. The molecule has 0 aromatic heterocycles. The highest BCUT2D eigenvalue weighted by Crippen LogP contribution is 2.33. The van der Waals surface area contributed by atoms with Crippen molar-refractivity contribution in [2.75, 3.05) is 16.8 Å². The molecule has 3 rings (SSSR count). The molecule has 2 aromatic rings. The molecular formula is C20H22N2O3. The fraction of sp³-hybridized carbons (Fsp3) is 0.300. The van der Waals surface area contributed by atoms with Gasteiger partial charge in [0.2, 0.25) is 11.8 Å². The second-order valence-electron chi connectivity index (χ2n) is 6.39. The first-order valence-corrected chi connectivity index (χ1v) is 8.46. The van der Waals surface area contributed by atoms with Crippen molar-refractivity contribution >= 4 is 23.2 Å². The maximum atomic E-state index is 12.5. The van der Waals surface area contributed by atoms with Crippen LogP contribution < -0.4 is 15.0 Å². The van der Waals surface area contributed by atoms with E-state index in [0.717, 1.165) is 11.4 Å². The molecule has 5 nitrogen and oxygen atoms in total. The van der Waals surface area contributed by atoms with Crippen LogP contribution in [0.25, 0.3) is 0 Å². The van der Waals surface area contributed by atoms with Crippen molar-refractivity contribution in [3.05, 3.63) is 54.6 Å². The molecule has 2 amide bonds. The predicted octanol–water partition coefficient (Wildman–Crippen LogP) is 3.47. The van der Waals surface area contributed by atoms with Crippen LogP contribution in [-0.2, 0) is 9.59 Å². The minimum absolute atomic E-state index is 0.0102. The van der Waals surface area contributed by atoms with E-state index in [4.69, 9.17) is 4.74 Å². The first-order chi connectivity index (χ1) is 12.0. The third-order valence-corrected chi connectivity index (χ3v) is 4.06. The fourth-order valence-electron chi connectivity index (χ4n) is 2.92. The molecule has 130 valence electrons. The molecule has 1 aliphatic rings. The Bertz CT molecular complexity index is 759. The zero-order chi connectivity index (χ0) is 17.8. The van der Waals surface area contributed by atoms with Gasteiger partial charge in [0.15, 0.2) is 0 Å². The number of rotatable bonds is 5. The van der Waals surface area contributed by atoms with Crippen molar-refractivity contribution in [2.45, 2.75) is 26.4 Å². The summed E-state index contributed by atoms with van der Waals surface area (Å²) in [6.07, 6.45) is 0.213. The summed E-state index contributed by atoms with van der Waals surface area (Å²) in [5, 5.41) is 2.87. The van der Waals surface area contributed by atoms with Crippen LogP contribution in [0, 0.1) is 5.92 Å². The normalized spacial score (nSPS) is 17.0. The molecule has 1 atom stereocenters. The third-order valence-electron chi connectivity index (χ3n) is 4.06. The van der Waals surface area contributed by atoms with Crippen LogP contribution in [0.5, 0.6) is 5.75 Å². The molecule has 0 radical (unpaired) electrons. The summed E-state index contributed by atoms with van der Waals surface area (Å²) in [5.74, 6) is 0.0899. The van der Waals surface area contributed by atoms with Crippen LogP contribution in [-0.4, -0.2) is 24.5 Å². The molecule has 0 bridgehead atoms. The number of carbonyl (C=O) groups excluding carboxylic acids is 2. The van der Waals surface area contributed by atoms with Crippen molar-refractivity contribution < 1.29 is 14.3 Å². The molecule has 1 fully saturated rings. The average Bonchev–Trinajstić information content (AvgIpc) is 2.98. The monoisotopic (exact) mass is 338 g/mol. The van der Waals surface area contributed by atoms with E-state index < -0.39 is 0 Å². The lowest BCUT2D eigenvalue weighted by Crippen LogP contribution is -2.28. The van der Waals surface area contributed by atoms with Gasteiger partial charge in [0.1, 0.15) is 5.75 Å². The molecule has 1 saturated heterocycles. The first kappa shape index (κ1) is 17.0. The van der Waals surface area contributed by atoms with Gasteiger partial charge in [-0.1, -0.05) is 30.3 Å². The standard InChI is InChI=1S/C20H22N2O3/c1-14(2)25-18-11-7-6-10-17(18)22-13-15(12-19(22)23)20(24)21-16-8-4-3-5-9-16/h3-11,14-15H,12-13H2,1-2H3,(H,21,24). The van der Waals surface area contributed by atoms with Gasteiger partial charge in [0, 0.05) is 18.7 Å². The number of ether oxygens (including phenoxy) is 1. The van der Waals surface area contributed by atoms with Gasteiger partial charge in [0.05, 0.1) is 17.7 Å². The molecule has 25 heavy (non-hydrogen) atoms. The topological polar surface area (TPSA) is 58.6 Å². The lowest BCUT2D eigenvalue weighted by Gasteiger charge is -2.21. The van der Waals surface area contributed by atoms with E-state index in [1.165, 1.54) is 0 Å². The van der Waals surface area contributed by atoms with E-state index in [1.54, 1.807) is 4.90 Å². The molecule has 1 aliphatic heterocycles. The minimum atomic E-state index is -0.375. The number of amides is 2. The largest absolute Gasteiger partial charge is 0.489 e. The van der Waals surface area contributed by atoms with Gasteiger partial charge in [-0.25, -0.2) is 0 Å². The summed E-state index contributed by atoms with van der Waals surface area (Å²) < 4.78 is 5.80. The number of nitrogens with one attached hydrogen (secondary N) is 1. The van der Waals surface area contributed by atoms with Gasteiger partial charge in [-0.15, -0.1) is 0 Å². The molecule has 0 saturated carbocycles. The second-order valence-corrected chi connectivity index (χ2v) is 6.39. The summed E-state index contributed by atoms with van der Waals surface area (Å²) in [6, 6.07) is 16.7. The summed E-state index contributed by atoms with van der Waals surface area (Å²) >= 11 is 0. The van der Waals surface area contributed by atoms with E-state index >= 15 is 0 Å². The number of nitrogens with zero attached hydrogens (tertiary/aromatic N) is 1.